The lowest BCUT2D eigenvalue weighted by atomic mass is 10.0. The normalized spacial score (nSPS) is 19.8. The average Bonchev–Trinajstić information content (AvgIpc) is 2.40. The monoisotopic (exact) mass is 248 g/mol. The highest BCUT2D eigenvalue weighted by molar-refractivity contribution is 5.89. The molecule has 18 heavy (non-hydrogen) atoms. The lowest BCUT2D eigenvalue weighted by molar-refractivity contribution is -0.130. The SMILES string of the molecule is CC(C)c1cccc(C(=O)OC2CCCCO2)c1. The Balaban J connectivity index is 2.01. The van der Waals surface area contributed by atoms with Crippen LogP contribution in [0.15, 0.2) is 24.3 Å². The van der Waals surface area contributed by atoms with Crippen molar-refractivity contribution in [2.75, 3.05) is 6.61 Å². The summed E-state index contributed by atoms with van der Waals surface area (Å²) in [6.07, 6.45) is 2.55. The Kier molecular flexibility index (Phi) is 4.37. The fraction of sp³-hybridized carbons (Fsp3) is 0.533. The highest BCUT2D eigenvalue weighted by Gasteiger charge is 2.19. The third kappa shape index (κ3) is 3.33. The maximum Gasteiger partial charge on any atom is 0.340 e. The van der Waals surface area contributed by atoms with Gasteiger partial charge in [0.1, 0.15) is 0 Å². The summed E-state index contributed by atoms with van der Waals surface area (Å²) >= 11 is 0. The Morgan fingerprint density at radius 1 is 1.39 bits per heavy atom. The van der Waals surface area contributed by atoms with Crippen molar-refractivity contribution in [1.29, 1.82) is 0 Å². The van der Waals surface area contributed by atoms with Crippen molar-refractivity contribution in [3.63, 3.8) is 0 Å². The lowest BCUT2D eigenvalue weighted by Gasteiger charge is -2.22. The van der Waals surface area contributed by atoms with Crippen molar-refractivity contribution in [3.05, 3.63) is 35.4 Å². The molecule has 1 aliphatic heterocycles. The molecule has 1 fully saturated rings. The Bertz CT molecular complexity index is 406. The fourth-order valence-corrected chi connectivity index (χ4v) is 2.02. The molecule has 1 heterocycles. The second-order valence-corrected chi connectivity index (χ2v) is 4.98. The van der Waals surface area contributed by atoms with E-state index in [0.29, 0.717) is 18.1 Å². The molecule has 1 unspecified atom stereocenters. The van der Waals surface area contributed by atoms with Crippen LogP contribution in [-0.4, -0.2) is 18.9 Å². The van der Waals surface area contributed by atoms with E-state index in [1.807, 2.05) is 18.2 Å². The topological polar surface area (TPSA) is 35.5 Å². The van der Waals surface area contributed by atoms with Gasteiger partial charge in [-0.15, -0.1) is 0 Å². The summed E-state index contributed by atoms with van der Waals surface area (Å²) in [6.45, 7) is 4.90. The minimum atomic E-state index is -0.367. The molecular weight excluding hydrogens is 228 g/mol. The van der Waals surface area contributed by atoms with Gasteiger partial charge in [-0.25, -0.2) is 4.79 Å². The second kappa shape index (κ2) is 6.01. The number of ether oxygens (including phenoxy) is 2. The summed E-state index contributed by atoms with van der Waals surface area (Å²) in [5.41, 5.74) is 1.75. The van der Waals surface area contributed by atoms with Crippen molar-refractivity contribution in [3.8, 4) is 0 Å². The molecule has 0 amide bonds. The number of hydrogen-bond donors (Lipinski definition) is 0. The van der Waals surface area contributed by atoms with Crippen molar-refractivity contribution in [1.82, 2.24) is 0 Å². The first-order valence-electron chi connectivity index (χ1n) is 6.59. The van der Waals surface area contributed by atoms with Crippen molar-refractivity contribution in [2.45, 2.75) is 45.3 Å². The molecule has 3 heteroatoms. The Morgan fingerprint density at radius 3 is 2.89 bits per heavy atom. The Labute approximate surface area is 108 Å². The molecule has 98 valence electrons. The number of rotatable bonds is 3. The molecule has 0 saturated carbocycles. The van der Waals surface area contributed by atoms with E-state index in [-0.39, 0.29) is 12.3 Å². The minimum Gasteiger partial charge on any atom is -0.432 e. The molecule has 1 aliphatic rings. The van der Waals surface area contributed by atoms with Gasteiger partial charge in [0.05, 0.1) is 12.2 Å². The van der Waals surface area contributed by atoms with Crippen LogP contribution in [0.4, 0.5) is 0 Å². The van der Waals surface area contributed by atoms with Crippen LogP contribution in [0.2, 0.25) is 0 Å². The largest absolute Gasteiger partial charge is 0.432 e. The molecule has 1 saturated heterocycles. The van der Waals surface area contributed by atoms with Gasteiger partial charge in [0.2, 0.25) is 6.29 Å². The zero-order chi connectivity index (χ0) is 13.0. The third-order valence-corrected chi connectivity index (χ3v) is 3.17. The quantitative estimate of drug-likeness (QED) is 0.768. The van der Waals surface area contributed by atoms with Gasteiger partial charge in [0.15, 0.2) is 0 Å². The molecule has 0 spiro atoms. The van der Waals surface area contributed by atoms with Gasteiger partial charge >= 0.3 is 5.97 Å². The summed E-state index contributed by atoms with van der Waals surface area (Å²) in [5.74, 6) is 0.119. The maximum absolute atomic E-state index is 12.0. The number of hydrogen-bond acceptors (Lipinski definition) is 3. The van der Waals surface area contributed by atoms with E-state index in [0.717, 1.165) is 24.8 Å². The second-order valence-electron chi connectivity index (χ2n) is 4.98. The molecule has 1 aromatic rings. The predicted octanol–water partition coefficient (Wildman–Crippen LogP) is 3.49. The Morgan fingerprint density at radius 2 is 2.22 bits per heavy atom. The molecule has 1 aromatic carbocycles. The van der Waals surface area contributed by atoms with Gasteiger partial charge in [-0.05, 0) is 36.5 Å². The molecule has 0 bridgehead atoms. The number of benzene rings is 1. The third-order valence-electron chi connectivity index (χ3n) is 3.17. The number of esters is 1. The van der Waals surface area contributed by atoms with Crippen LogP contribution in [0.3, 0.4) is 0 Å². The molecule has 0 aliphatic carbocycles. The predicted molar refractivity (Wildman–Crippen MR) is 69.5 cm³/mol. The highest BCUT2D eigenvalue weighted by Crippen LogP contribution is 2.19. The van der Waals surface area contributed by atoms with Crippen molar-refractivity contribution < 1.29 is 14.3 Å². The van der Waals surface area contributed by atoms with E-state index >= 15 is 0 Å². The van der Waals surface area contributed by atoms with Crippen LogP contribution in [0.25, 0.3) is 0 Å². The lowest BCUT2D eigenvalue weighted by Crippen LogP contribution is -2.25. The first-order chi connectivity index (χ1) is 8.66. The number of carbonyl (C=O) groups is 1. The van der Waals surface area contributed by atoms with Crippen LogP contribution in [0, 0.1) is 0 Å². The molecule has 2 rings (SSSR count). The minimum absolute atomic E-state index is 0.288. The zero-order valence-corrected chi connectivity index (χ0v) is 11.0. The van der Waals surface area contributed by atoms with Crippen LogP contribution < -0.4 is 0 Å². The van der Waals surface area contributed by atoms with Gasteiger partial charge in [-0.2, -0.15) is 0 Å². The number of carbonyl (C=O) groups excluding carboxylic acids is 1. The summed E-state index contributed by atoms with van der Waals surface area (Å²) in [6, 6.07) is 7.61. The zero-order valence-electron chi connectivity index (χ0n) is 11.0. The molecule has 3 nitrogen and oxygen atoms in total. The first-order valence-corrected chi connectivity index (χ1v) is 6.59. The molecular formula is C15H20O3. The van der Waals surface area contributed by atoms with E-state index in [4.69, 9.17) is 9.47 Å². The van der Waals surface area contributed by atoms with Gasteiger partial charge in [0, 0.05) is 6.42 Å². The first kappa shape index (κ1) is 13.1. The average molecular weight is 248 g/mol. The van der Waals surface area contributed by atoms with E-state index in [2.05, 4.69) is 13.8 Å². The van der Waals surface area contributed by atoms with E-state index in [1.54, 1.807) is 6.07 Å². The van der Waals surface area contributed by atoms with E-state index in [1.165, 1.54) is 0 Å². The summed E-state index contributed by atoms with van der Waals surface area (Å²) in [5, 5.41) is 0. The van der Waals surface area contributed by atoms with Gasteiger partial charge in [-0.3, -0.25) is 0 Å². The van der Waals surface area contributed by atoms with Crippen LogP contribution >= 0.6 is 0 Å². The fourth-order valence-electron chi connectivity index (χ4n) is 2.02. The highest BCUT2D eigenvalue weighted by atomic mass is 16.7. The van der Waals surface area contributed by atoms with Crippen LogP contribution in [-0.2, 0) is 9.47 Å². The van der Waals surface area contributed by atoms with Crippen molar-refractivity contribution >= 4 is 5.97 Å². The maximum atomic E-state index is 12.0. The molecule has 1 atom stereocenters. The van der Waals surface area contributed by atoms with E-state index in [9.17, 15) is 4.79 Å². The van der Waals surface area contributed by atoms with Crippen molar-refractivity contribution in [2.24, 2.45) is 0 Å². The van der Waals surface area contributed by atoms with E-state index < -0.39 is 0 Å². The molecule has 0 N–H and O–H groups in total. The standard InChI is InChI=1S/C15H20O3/c1-11(2)12-6-5-7-13(10-12)15(16)18-14-8-3-4-9-17-14/h5-7,10-11,14H,3-4,8-9H2,1-2H3. The van der Waals surface area contributed by atoms with Gasteiger partial charge in [-0.1, -0.05) is 26.0 Å². The Hall–Kier alpha value is -1.35. The summed E-state index contributed by atoms with van der Waals surface area (Å²) in [4.78, 5) is 12.0. The smallest absolute Gasteiger partial charge is 0.340 e. The van der Waals surface area contributed by atoms with Gasteiger partial charge in [0.25, 0.3) is 0 Å². The van der Waals surface area contributed by atoms with Crippen LogP contribution in [0.5, 0.6) is 0 Å². The van der Waals surface area contributed by atoms with Crippen LogP contribution in [0.1, 0.15) is 54.9 Å². The summed E-state index contributed by atoms with van der Waals surface area (Å²) < 4.78 is 10.8. The molecule has 0 aromatic heterocycles. The summed E-state index contributed by atoms with van der Waals surface area (Å²) in [7, 11) is 0. The molecule has 0 radical (unpaired) electrons. The van der Waals surface area contributed by atoms with Gasteiger partial charge < -0.3 is 9.47 Å².